The molecule has 0 saturated carbocycles. The highest BCUT2D eigenvalue weighted by atomic mass is 16.5. The number of unbranched alkanes of at least 4 members (excludes halogenated alkanes) is 27. The Balaban J connectivity index is 4.67. The van der Waals surface area contributed by atoms with E-state index in [1.54, 1.807) is 0 Å². The van der Waals surface area contributed by atoms with Crippen molar-refractivity contribution in [3.05, 3.63) is 60.8 Å². The Morgan fingerprint density at radius 3 is 1.37 bits per heavy atom. The minimum absolute atomic E-state index is 0.0497. The molecule has 0 bridgehead atoms. The fourth-order valence-electron chi connectivity index (χ4n) is 7.96. The standard InChI is InChI=1S/C57H103NO5/c1-4-7-10-13-16-19-22-24-26-28-30-32-35-38-41-44-47-50-57(62)63-53(48-45-42-39-36-34-31-29-27-25-23-20-17-14-11-8-5-2)51-56(61)58-54(52-59)55(60)49-46-43-40-37-33-21-18-15-12-9-6-3/h16,19,24,26-27,29-32,34,53-55,59-60H,4-15,17-18,20-23,25,28,33,35-52H2,1-3H3,(H,58,61)/b19-16-,26-24-,29-27+,32-30-,34-31+. The molecule has 0 aliphatic carbocycles. The lowest BCUT2D eigenvalue weighted by Gasteiger charge is -2.24. The van der Waals surface area contributed by atoms with Gasteiger partial charge in [-0.3, -0.25) is 9.59 Å². The number of carbonyl (C=O) groups is 2. The molecule has 0 radical (unpaired) electrons. The molecule has 0 aromatic carbocycles. The monoisotopic (exact) mass is 882 g/mol. The molecule has 0 rings (SSSR count). The lowest BCUT2D eigenvalue weighted by molar-refractivity contribution is -0.151. The highest BCUT2D eigenvalue weighted by Gasteiger charge is 2.24. The van der Waals surface area contributed by atoms with Crippen molar-refractivity contribution < 1.29 is 24.5 Å². The molecule has 0 saturated heterocycles. The number of rotatable bonds is 48. The first kappa shape index (κ1) is 60.6. The summed E-state index contributed by atoms with van der Waals surface area (Å²) in [4.78, 5) is 26.2. The molecule has 0 aromatic rings. The third-order valence-corrected chi connectivity index (χ3v) is 12.1. The fraction of sp³-hybridized carbons (Fsp3) is 0.789. The highest BCUT2D eigenvalue weighted by Crippen LogP contribution is 2.17. The predicted molar refractivity (Wildman–Crippen MR) is 273 cm³/mol. The SMILES string of the molecule is CCCCC/C=C\C/C=C\C/C=C\CCCCCCC(=O)OC(CCCCC/C=C/C=C/CCCCCCCCC)CC(=O)NC(CO)C(O)CCCCCCCCCCCCC. The van der Waals surface area contributed by atoms with Crippen molar-refractivity contribution in [2.45, 2.75) is 283 Å². The number of aliphatic hydroxyl groups is 2. The number of carbonyl (C=O) groups excluding carboxylic acids is 2. The van der Waals surface area contributed by atoms with E-state index in [9.17, 15) is 19.8 Å². The van der Waals surface area contributed by atoms with Gasteiger partial charge in [0.05, 0.1) is 25.2 Å². The van der Waals surface area contributed by atoms with E-state index in [-0.39, 0.29) is 24.9 Å². The Bertz CT molecular complexity index is 1130. The summed E-state index contributed by atoms with van der Waals surface area (Å²) in [6, 6.07) is -0.716. The maximum absolute atomic E-state index is 13.2. The second-order valence-corrected chi connectivity index (χ2v) is 18.3. The zero-order valence-corrected chi connectivity index (χ0v) is 41.7. The lowest BCUT2D eigenvalue weighted by Crippen LogP contribution is -2.46. The van der Waals surface area contributed by atoms with Gasteiger partial charge in [0.25, 0.3) is 0 Å². The third kappa shape index (κ3) is 45.9. The Kier molecular flexibility index (Phi) is 48.6. The van der Waals surface area contributed by atoms with E-state index in [0.717, 1.165) is 96.3 Å². The molecule has 6 nitrogen and oxygen atoms in total. The minimum Gasteiger partial charge on any atom is -0.462 e. The number of esters is 1. The van der Waals surface area contributed by atoms with Gasteiger partial charge in [0.15, 0.2) is 0 Å². The molecule has 0 aliphatic heterocycles. The molecule has 0 fully saturated rings. The van der Waals surface area contributed by atoms with E-state index in [0.29, 0.717) is 19.3 Å². The van der Waals surface area contributed by atoms with Crippen LogP contribution in [0.4, 0.5) is 0 Å². The van der Waals surface area contributed by atoms with Gasteiger partial charge in [0, 0.05) is 6.42 Å². The minimum atomic E-state index is -0.800. The maximum Gasteiger partial charge on any atom is 0.306 e. The van der Waals surface area contributed by atoms with Crippen molar-refractivity contribution in [1.29, 1.82) is 0 Å². The Morgan fingerprint density at radius 1 is 0.476 bits per heavy atom. The van der Waals surface area contributed by atoms with Crippen LogP contribution < -0.4 is 5.32 Å². The number of aliphatic hydroxyl groups excluding tert-OH is 2. The molecular formula is C57H103NO5. The second-order valence-electron chi connectivity index (χ2n) is 18.3. The third-order valence-electron chi connectivity index (χ3n) is 12.1. The molecule has 0 heterocycles. The zero-order chi connectivity index (χ0) is 45.9. The predicted octanol–water partition coefficient (Wildman–Crippen LogP) is 16.4. The van der Waals surface area contributed by atoms with Crippen LogP contribution in [-0.2, 0) is 14.3 Å². The van der Waals surface area contributed by atoms with Gasteiger partial charge in [0.1, 0.15) is 6.10 Å². The summed E-state index contributed by atoms with van der Waals surface area (Å²) in [5, 5.41) is 23.8. The number of allylic oxidation sites excluding steroid dienone is 10. The van der Waals surface area contributed by atoms with E-state index in [1.165, 1.54) is 122 Å². The largest absolute Gasteiger partial charge is 0.462 e. The van der Waals surface area contributed by atoms with Gasteiger partial charge in [0.2, 0.25) is 5.91 Å². The van der Waals surface area contributed by atoms with Crippen molar-refractivity contribution in [1.82, 2.24) is 5.32 Å². The first-order valence-corrected chi connectivity index (χ1v) is 27.0. The normalized spacial score (nSPS) is 13.7. The van der Waals surface area contributed by atoms with Crippen LogP contribution in [0.15, 0.2) is 60.8 Å². The van der Waals surface area contributed by atoms with Crippen LogP contribution >= 0.6 is 0 Å². The van der Waals surface area contributed by atoms with Crippen molar-refractivity contribution in [3.8, 4) is 0 Å². The Morgan fingerprint density at radius 2 is 0.857 bits per heavy atom. The summed E-state index contributed by atoms with van der Waals surface area (Å²) in [5.74, 6) is -0.522. The number of nitrogens with one attached hydrogen (secondary N) is 1. The number of ether oxygens (including phenoxy) is 1. The van der Waals surface area contributed by atoms with Crippen molar-refractivity contribution in [2.24, 2.45) is 0 Å². The van der Waals surface area contributed by atoms with Gasteiger partial charge in [-0.05, 0) is 89.9 Å². The van der Waals surface area contributed by atoms with E-state index in [2.05, 4.69) is 86.8 Å². The van der Waals surface area contributed by atoms with E-state index >= 15 is 0 Å². The molecule has 366 valence electrons. The molecule has 3 unspecified atom stereocenters. The van der Waals surface area contributed by atoms with E-state index < -0.39 is 18.2 Å². The van der Waals surface area contributed by atoms with E-state index in [4.69, 9.17) is 4.74 Å². The van der Waals surface area contributed by atoms with Crippen LogP contribution in [-0.4, -0.2) is 46.9 Å². The molecule has 1 amide bonds. The topological polar surface area (TPSA) is 95.9 Å². The summed E-state index contributed by atoms with van der Waals surface area (Å²) >= 11 is 0. The number of hydrogen-bond acceptors (Lipinski definition) is 5. The average molecular weight is 882 g/mol. The van der Waals surface area contributed by atoms with Crippen molar-refractivity contribution >= 4 is 11.9 Å². The van der Waals surface area contributed by atoms with Crippen LogP contribution in [0.5, 0.6) is 0 Å². The molecule has 0 aromatic heterocycles. The van der Waals surface area contributed by atoms with Gasteiger partial charge in [-0.2, -0.15) is 0 Å². The summed E-state index contributed by atoms with van der Waals surface area (Å²) in [7, 11) is 0. The highest BCUT2D eigenvalue weighted by molar-refractivity contribution is 5.77. The molecular weight excluding hydrogens is 779 g/mol. The number of hydrogen-bond donors (Lipinski definition) is 3. The quantitative estimate of drug-likeness (QED) is 0.0245. The Hall–Kier alpha value is -2.44. The number of amides is 1. The van der Waals surface area contributed by atoms with Gasteiger partial charge in [-0.15, -0.1) is 0 Å². The maximum atomic E-state index is 13.2. The van der Waals surface area contributed by atoms with Crippen molar-refractivity contribution in [3.63, 3.8) is 0 Å². The first-order valence-electron chi connectivity index (χ1n) is 27.0. The Labute approximate surface area is 390 Å². The summed E-state index contributed by atoms with van der Waals surface area (Å²) in [6.07, 6.45) is 62.8. The zero-order valence-electron chi connectivity index (χ0n) is 41.7. The van der Waals surface area contributed by atoms with E-state index in [1.807, 2.05) is 0 Å². The fourth-order valence-corrected chi connectivity index (χ4v) is 7.96. The summed E-state index contributed by atoms with van der Waals surface area (Å²) < 4.78 is 5.92. The molecule has 6 heteroatoms. The average Bonchev–Trinajstić information content (AvgIpc) is 3.28. The van der Waals surface area contributed by atoms with Crippen LogP contribution in [0.3, 0.4) is 0 Å². The van der Waals surface area contributed by atoms with Crippen molar-refractivity contribution in [2.75, 3.05) is 6.61 Å². The lowest BCUT2D eigenvalue weighted by atomic mass is 10.0. The van der Waals surface area contributed by atoms with Crippen LogP contribution in [0.25, 0.3) is 0 Å². The molecule has 0 aliphatic rings. The molecule has 63 heavy (non-hydrogen) atoms. The molecule has 0 spiro atoms. The molecule has 3 N–H and O–H groups in total. The smallest absolute Gasteiger partial charge is 0.306 e. The summed E-state index contributed by atoms with van der Waals surface area (Å²) in [6.45, 7) is 6.44. The van der Waals surface area contributed by atoms with Gasteiger partial charge in [-0.25, -0.2) is 0 Å². The van der Waals surface area contributed by atoms with Crippen LogP contribution in [0.1, 0.15) is 265 Å². The second kappa shape index (κ2) is 50.6. The van der Waals surface area contributed by atoms with Gasteiger partial charge >= 0.3 is 5.97 Å². The van der Waals surface area contributed by atoms with Crippen LogP contribution in [0.2, 0.25) is 0 Å². The van der Waals surface area contributed by atoms with Gasteiger partial charge < -0.3 is 20.3 Å². The van der Waals surface area contributed by atoms with Gasteiger partial charge in [-0.1, -0.05) is 223 Å². The first-order chi connectivity index (χ1) is 31.0. The summed E-state index contributed by atoms with van der Waals surface area (Å²) in [5.41, 5.74) is 0. The van der Waals surface area contributed by atoms with Crippen LogP contribution in [0, 0.1) is 0 Å². The molecule has 3 atom stereocenters.